The third-order valence-electron chi connectivity index (χ3n) is 5.00. The molecule has 2 aliphatic carbocycles. The normalized spacial score (nSPS) is 38.4. The lowest BCUT2D eigenvalue weighted by Crippen LogP contribution is -2.38. The third-order valence-corrected chi connectivity index (χ3v) is 5.00. The maximum atomic E-state index is 11.7. The first-order valence-corrected chi connectivity index (χ1v) is 7.62. The molecule has 0 aromatic carbocycles. The molecule has 2 bridgehead atoms. The molecule has 2 rings (SSSR count). The quantitative estimate of drug-likeness (QED) is 0.545. The summed E-state index contributed by atoms with van der Waals surface area (Å²) in [4.78, 5) is 11.7. The summed E-state index contributed by atoms with van der Waals surface area (Å²) in [5.74, 6) is 2.13. The van der Waals surface area contributed by atoms with Crippen molar-refractivity contribution in [1.29, 1.82) is 0 Å². The second-order valence-corrected chi connectivity index (χ2v) is 6.75. The monoisotopic (exact) mass is 266 g/mol. The maximum absolute atomic E-state index is 11.7. The summed E-state index contributed by atoms with van der Waals surface area (Å²) in [6.07, 6.45) is 1.28. The molecule has 2 saturated carbocycles. The van der Waals surface area contributed by atoms with Crippen LogP contribution in [0.25, 0.3) is 0 Å². The van der Waals surface area contributed by atoms with Gasteiger partial charge in [0.25, 0.3) is 0 Å². The Hall–Kier alpha value is -0.790. The van der Waals surface area contributed by atoms with E-state index < -0.39 is 0 Å². The Morgan fingerprint density at radius 2 is 1.74 bits per heavy atom. The Kier molecular flexibility index (Phi) is 4.86. The van der Waals surface area contributed by atoms with Gasteiger partial charge in [0.05, 0.1) is 0 Å². The Balaban J connectivity index is 0.000000861. The van der Waals surface area contributed by atoms with E-state index in [0.29, 0.717) is 34.7 Å². The Labute approximate surface area is 118 Å². The van der Waals surface area contributed by atoms with E-state index in [0.717, 1.165) is 0 Å². The average Bonchev–Trinajstić information content (AvgIpc) is 2.69. The number of ether oxygens (including phenoxy) is 1. The molecule has 0 amide bonds. The van der Waals surface area contributed by atoms with Crippen LogP contribution in [0.15, 0.2) is 12.2 Å². The molecule has 2 heteroatoms. The van der Waals surface area contributed by atoms with Crippen molar-refractivity contribution in [1.82, 2.24) is 0 Å². The van der Waals surface area contributed by atoms with Crippen molar-refractivity contribution < 1.29 is 9.53 Å². The molecular weight excluding hydrogens is 236 g/mol. The van der Waals surface area contributed by atoms with Crippen LogP contribution in [0.2, 0.25) is 0 Å². The fraction of sp³-hybridized carbons (Fsp3) is 0.824. The Bertz CT molecular complexity index is 356. The third kappa shape index (κ3) is 2.73. The van der Waals surface area contributed by atoms with Crippen LogP contribution in [0, 0.1) is 29.1 Å². The van der Waals surface area contributed by atoms with Crippen LogP contribution in [0.3, 0.4) is 0 Å². The fourth-order valence-corrected chi connectivity index (χ4v) is 4.53. The summed E-state index contributed by atoms with van der Waals surface area (Å²) in [6, 6.07) is 0. The van der Waals surface area contributed by atoms with Gasteiger partial charge in [-0.2, -0.15) is 0 Å². The standard InChI is InChI=1S/C15H24O2.C2H6/c1-8(2)14(16)17-13-10(4)12-9(3)11(13)7-15(12,5)6;1-2/h9-13H,1,7H2,2-6H3;1-2H3/t9?,10-,11+,12-,13+;/m1./s1. The van der Waals surface area contributed by atoms with Gasteiger partial charge in [0.2, 0.25) is 0 Å². The lowest BCUT2D eigenvalue weighted by Gasteiger charge is -2.38. The van der Waals surface area contributed by atoms with E-state index in [1.54, 1.807) is 6.92 Å². The van der Waals surface area contributed by atoms with Gasteiger partial charge < -0.3 is 4.74 Å². The summed E-state index contributed by atoms with van der Waals surface area (Å²) < 4.78 is 5.64. The Morgan fingerprint density at radius 3 is 2.11 bits per heavy atom. The van der Waals surface area contributed by atoms with Gasteiger partial charge in [-0.3, -0.25) is 0 Å². The smallest absolute Gasteiger partial charge is 0.333 e. The van der Waals surface area contributed by atoms with Crippen molar-refractivity contribution in [2.24, 2.45) is 29.1 Å². The van der Waals surface area contributed by atoms with Crippen LogP contribution in [-0.2, 0) is 9.53 Å². The highest BCUT2D eigenvalue weighted by Crippen LogP contribution is 2.62. The van der Waals surface area contributed by atoms with Gasteiger partial charge >= 0.3 is 5.97 Å². The molecule has 0 saturated heterocycles. The minimum absolute atomic E-state index is 0.104. The first-order chi connectivity index (χ1) is 8.75. The van der Waals surface area contributed by atoms with Crippen LogP contribution in [0.4, 0.5) is 0 Å². The van der Waals surface area contributed by atoms with E-state index >= 15 is 0 Å². The second kappa shape index (κ2) is 5.68. The van der Waals surface area contributed by atoms with Crippen molar-refractivity contribution in [3.8, 4) is 0 Å². The number of fused-ring (bicyclic) bond motifs is 2. The fourth-order valence-electron chi connectivity index (χ4n) is 4.53. The van der Waals surface area contributed by atoms with Gasteiger partial charge in [-0.15, -0.1) is 0 Å². The molecule has 110 valence electrons. The van der Waals surface area contributed by atoms with Gasteiger partial charge in [0.15, 0.2) is 0 Å². The molecule has 0 radical (unpaired) electrons. The highest BCUT2D eigenvalue weighted by atomic mass is 16.5. The predicted octanol–water partition coefficient (Wildman–Crippen LogP) is 4.45. The molecule has 5 atom stereocenters. The number of carbonyl (C=O) groups is 1. The Morgan fingerprint density at radius 1 is 1.21 bits per heavy atom. The predicted molar refractivity (Wildman–Crippen MR) is 79.7 cm³/mol. The van der Waals surface area contributed by atoms with Crippen LogP contribution in [0.1, 0.15) is 54.9 Å². The summed E-state index contributed by atoms with van der Waals surface area (Å²) in [5, 5.41) is 0. The first kappa shape index (κ1) is 16.3. The van der Waals surface area contributed by atoms with Crippen LogP contribution >= 0.6 is 0 Å². The van der Waals surface area contributed by atoms with Crippen molar-refractivity contribution in [2.75, 3.05) is 0 Å². The van der Waals surface area contributed by atoms with Gasteiger partial charge in [-0.1, -0.05) is 48.1 Å². The van der Waals surface area contributed by atoms with E-state index in [2.05, 4.69) is 34.3 Å². The van der Waals surface area contributed by atoms with Gasteiger partial charge in [0, 0.05) is 5.57 Å². The number of carbonyl (C=O) groups excluding carboxylic acids is 1. The summed E-state index contributed by atoms with van der Waals surface area (Å²) >= 11 is 0. The highest BCUT2D eigenvalue weighted by Gasteiger charge is 2.60. The molecule has 0 aliphatic heterocycles. The number of esters is 1. The average molecular weight is 266 g/mol. The van der Waals surface area contributed by atoms with E-state index in [1.165, 1.54) is 6.42 Å². The zero-order valence-corrected chi connectivity index (χ0v) is 13.6. The molecule has 0 N–H and O–H groups in total. The number of rotatable bonds is 2. The van der Waals surface area contributed by atoms with E-state index in [4.69, 9.17) is 4.74 Å². The first-order valence-electron chi connectivity index (χ1n) is 7.62. The topological polar surface area (TPSA) is 26.3 Å². The summed E-state index contributed by atoms with van der Waals surface area (Å²) in [7, 11) is 0. The van der Waals surface area contributed by atoms with Gasteiger partial charge in [-0.25, -0.2) is 4.79 Å². The van der Waals surface area contributed by atoms with Crippen LogP contribution in [-0.4, -0.2) is 12.1 Å². The van der Waals surface area contributed by atoms with Crippen molar-refractivity contribution in [3.63, 3.8) is 0 Å². The van der Waals surface area contributed by atoms with E-state index in [1.807, 2.05) is 13.8 Å². The molecule has 0 heterocycles. The van der Waals surface area contributed by atoms with Gasteiger partial charge in [0.1, 0.15) is 6.10 Å². The SMILES string of the molecule is C=C(C)C(=O)O[C@H]1[C@H](C)[C@H]2C(C)[C@@H]1CC2(C)C.CC. The zero-order valence-electron chi connectivity index (χ0n) is 13.6. The van der Waals surface area contributed by atoms with E-state index in [9.17, 15) is 4.79 Å². The molecular formula is C17H30O2. The summed E-state index contributed by atoms with van der Waals surface area (Å²) in [5.41, 5.74) is 0.905. The zero-order chi connectivity index (χ0) is 15.0. The number of hydrogen-bond donors (Lipinski definition) is 0. The minimum atomic E-state index is -0.223. The molecule has 2 nitrogen and oxygen atoms in total. The lowest BCUT2D eigenvalue weighted by atomic mass is 9.70. The number of hydrogen-bond acceptors (Lipinski definition) is 2. The maximum Gasteiger partial charge on any atom is 0.333 e. The molecule has 2 fully saturated rings. The molecule has 19 heavy (non-hydrogen) atoms. The van der Waals surface area contributed by atoms with Crippen molar-refractivity contribution in [3.05, 3.63) is 12.2 Å². The van der Waals surface area contributed by atoms with Crippen LogP contribution in [0.5, 0.6) is 0 Å². The van der Waals surface area contributed by atoms with Crippen molar-refractivity contribution >= 4 is 5.97 Å². The molecule has 0 spiro atoms. The van der Waals surface area contributed by atoms with E-state index in [-0.39, 0.29) is 12.1 Å². The molecule has 1 unspecified atom stereocenters. The summed E-state index contributed by atoms with van der Waals surface area (Å²) in [6.45, 7) is 18.6. The largest absolute Gasteiger partial charge is 0.458 e. The van der Waals surface area contributed by atoms with Gasteiger partial charge in [-0.05, 0) is 42.4 Å². The van der Waals surface area contributed by atoms with Crippen LogP contribution < -0.4 is 0 Å². The molecule has 0 aromatic heterocycles. The molecule has 2 aliphatic rings. The lowest BCUT2D eigenvalue weighted by molar-refractivity contribution is -0.151. The second-order valence-electron chi connectivity index (χ2n) is 6.75. The minimum Gasteiger partial charge on any atom is -0.458 e. The molecule has 0 aromatic rings. The highest BCUT2D eigenvalue weighted by molar-refractivity contribution is 5.87. The van der Waals surface area contributed by atoms with Crippen molar-refractivity contribution in [2.45, 2.75) is 61.0 Å².